The highest BCUT2D eigenvalue weighted by molar-refractivity contribution is 9.10. The van der Waals surface area contributed by atoms with Gasteiger partial charge in [-0.25, -0.2) is 0 Å². The van der Waals surface area contributed by atoms with Crippen molar-refractivity contribution in [2.24, 2.45) is 5.92 Å². The molecule has 0 bridgehead atoms. The summed E-state index contributed by atoms with van der Waals surface area (Å²) in [6, 6.07) is 6.69. The maximum atomic E-state index is 10.8. The van der Waals surface area contributed by atoms with Crippen molar-refractivity contribution in [3.63, 3.8) is 0 Å². The molecule has 0 aliphatic carbocycles. The van der Waals surface area contributed by atoms with Crippen LogP contribution in [-0.4, -0.2) is 11.5 Å². The van der Waals surface area contributed by atoms with Crippen molar-refractivity contribution < 1.29 is 4.92 Å². The number of benzene rings is 1. The molecule has 0 unspecified atom stereocenters. The molecule has 5 heteroatoms. The molecule has 4 nitrogen and oxygen atoms in total. The van der Waals surface area contributed by atoms with Crippen molar-refractivity contribution in [1.29, 1.82) is 0 Å². The zero-order valence-electron chi connectivity index (χ0n) is 8.68. The van der Waals surface area contributed by atoms with Crippen molar-refractivity contribution >= 4 is 27.5 Å². The first-order valence-corrected chi connectivity index (χ1v) is 5.40. The van der Waals surface area contributed by atoms with Gasteiger partial charge in [-0.3, -0.25) is 10.1 Å². The van der Waals surface area contributed by atoms with E-state index in [0.29, 0.717) is 11.6 Å². The third kappa shape index (κ3) is 3.20. The fourth-order valence-corrected chi connectivity index (χ4v) is 2.12. The third-order valence-electron chi connectivity index (χ3n) is 1.87. The molecule has 0 aliphatic heterocycles. The Kier molecular flexibility index (Phi) is 4.08. The smallest absolute Gasteiger partial charge is 0.293 e. The Labute approximate surface area is 97.4 Å². The van der Waals surface area contributed by atoms with Crippen LogP contribution in [0.5, 0.6) is 0 Å². The van der Waals surface area contributed by atoms with Gasteiger partial charge >= 0.3 is 0 Å². The zero-order valence-corrected chi connectivity index (χ0v) is 10.3. The molecule has 15 heavy (non-hydrogen) atoms. The molecule has 0 spiro atoms. The molecule has 0 aliphatic rings. The lowest BCUT2D eigenvalue weighted by Gasteiger charge is -2.18. The van der Waals surface area contributed by atoms with E-state index >= 15 is 0 Å². The summed E-state index contributed by atoms with van der Waals surface area (Å²) in [5, 5.41) is 10.8. The summed E-state index contributed by atoms with van der Waals surface area (Å²) in [5.41, 5.74) is 0.714. The molecule has 1 aromatic rings. The highest BCUT2D eigenvalue weighted by Crippen LogP contribution is 2.30. The number of nitro benzene ring substituents is 1. The molecule has 82 valence electrons. The predicted octanol–water partition coefficient (Wildman–Crippen LogP) is 3.37. The van der Waals surface area contributed by atoms with Gasteiger partial charge in [-0.15, -0.1) is 0 Å². The first-order valence-electron chi connectivity index (χ1n) is 4.69. The van der Waals surface area contributed by atoms with Crippen LogP contribution in [0.1, 0.15) is 13.8 Å². The Morgan fingerprint density at radius 2 is 2.07 bits per heavy atom. The summed E-state index contributed by atoms with van der Waals surface area (Å²) in [7, 11) is 0. The molecule has 0 saturated carbocycles. The van der Waals surface area contributed by atoms with Crippen LogP contribution in [0.4, 0.5) is 11.4 Å². The van der Waals surface area contributed by atoms with Crippen LogP contribution in [-0.2, 0) is 0 Å². The number of nitrogens with zero attached hydrogens (tertiary/aromatic N) is 2. The van der Waals surface area contributed by atoms with Gasteiger partial charge in [0.2, 0.25) is 0 Å². The van der Waals surface area contributed by atoms with E-state index in [1.807, 2.05) is 0 Å². The summed E-state index contributed by atoms with van der Waals surface area (Å²) < 4.78 is 1.73. The van der Waals surface area contributed by atoms with Crippen LogP contribution < -0.4 is 3.93 Å². The molecule has 0 N–H and O–H groups in total. The van der Waals surface area contributed by atoms with E-state index in [2.05, 4.69) is 30.0 Å². The molecular formula is C10H13BrN2O2. The fraction of sp³-hybridized carbons (Fsp3) is 0.400. The molecule has 1 aromatic carbocycles. The number of nitro groups is 1. The van der Waals surface area contributed by atoms with Crippen LogP contribution in [0, 0.1) is 16.0 Å². The quantitative estimate of drug-likeness (QED) is 0.480. The lowest BCUT2D eigenvalue weighted by atomic mass is 10.2. The molecule has 0 saturated heterocycles. The molecule has 0 amide bonds. The Bertz CT molecular complexity index is 355. The van der Waals surface area contributed by atoms with Gasteiger partial charge in [0.05, 0.1) is 4.92 Å². The van der Waals surface area contributed by atoms with E-state index in [9.17, 15) is 10.1 Å². The molecule has 0 fully saturated rings. The van der Waals surface area contributed by atoms with E-state index in [1.165, 1.54) is 6.07 Å². The molecule has 0 aromatic heterocycles. The minimum Gasteiger partial charge on any atom is -0.302 e. The topological polar surface area (TPSA) is 46.4 Å². The van der Waals surface area contributed by atoms with E-state index in [-0.39, 0.29) is 10.6 Å². The predicted molar refractivity (Wildman–Crippen MR) is 64.2 cm³/mol. The Morgan fingerprint density at radius 1 is 1.47 bits per heavy atom. The average Bonchev–Trinajstić information content (AvgIpc) is 2.16. The van der Waals surface area contributed by atoms with Crippen molar-refractivity contribution in [2.45, 2.75) is 13.8 Å². The highest BCUT2D eigenvalue weighted by Gasteiger charge is 2.17. The van der Waals surface area contributed by atoms with Gasteiger partial charge in [0, 0.05) is 28.8 Å². The zero-order chi connectivity index (χ0) is 11.4. The van der Waals surface area contributed by atoms with Gasteiger partial charge in [0.1, 0.15) is 5.69 Å². The summed E-state index contributed by atoms with van der Waals surface area (Å²) >= 11 is 3.33. The first kappa shape index (κ1) is 12.0. The van der Waals surface area contributed by atoms with Crippen LogP contribution in [0.3, 0.4) is 0 Å². The molecule has 1 rings (SSSR count). The van der Waals surface area contributed by atoms with Gasteiger partial charge in [-0.05, 0) is 12.0 Å². The summed E-state index contributed by atoms with van der Waals surface area (Å²) in [4.78, 5) is 10.4. The largest absolute Gasteiger partial charge is 0.302 e. The minimum atomic E-state index is -0.371. The van der Waals surface area contributed by atoms with Gasteiger partial charge in [0.15, 0.2) is 0 Å². The number of para-hydroxylation sites is 2. The third-order valence-corrected chi connectivity index (χ3v) is 2.54. The lowest BCUT2D eigenvalue weighted by Crippen LogP contribution is -2.17. The summed E-state index contributed by atoms with van der Waals surface area (Å²) in [5.74, 6) is 0.434. The van der Waals surface area contributed by atoms with Crippen molar-refractivity contribution in [2.75, 3.05) is 10.5 Å². The molecule has 0 atom stereocenters. The number of rotatable bonds is 4. The molecule has 0 heterocycles. The van der Waals surface area contributed by atoms with Crippen molar-refractivity contribution in [1.82, 2.24) is 0 Å². The van der Waals surface area contributed by atoms with Crippen LogP contribution >= 0.6 is 16.1 Å². The van der Waals surface area contributed by atoms with Crippen LogP contribution in [0.15, 0.2) is 24.3 Å². The van der Waals surface area contributed by atoms with Crippen LogP contribution in [0.2, 0.25) is 0 Å². The molecular weight excluding hydrogens is 260 g/mol. The highest BCUT2D eigenvalue weighted by atomic mass is 79.9. The average molecular weight is 273 g/mol. The summed E-state index contributed by atoms with van der Waals surface area (Å²) in [6.07, 6.45) is 0. The first-order chi connectivity index (χ1) is 7.02. The number of halogens is 1. The van der Waals surface area contributed by atoms with Gasteiger partial charge in [-0.1, -0.05) is 26.0 Å². The maximum Gasteiger partial charge on any atom is 0.293 e. The number of hydrogen-bond donors (Lipinski definition) is 0. The summed E-state index contributed by atoms with van der Waals surface area (Å²) in [6.45, 7) is 4.84. The number of anilines is 1. The Balaban J connectivity index is 2.97. The van der Waals surface area contributed by atoms with Gasteiger partial charge in [0.25, 0.3) is 5.69 Å². The van der Waals surface area contributed by atoms with E-state index in [0.717, 1.165) is 6.54 Å². The Morgan fingerprint density at radius 3 is 2.60 bits per heavy atom. The van der Waals surface area contributed by atoms with Gasteiger partial charge in [-0.2, -0.15) is 0 Å². The number of hydrogen-bond acceptors (Lipinski definition) is 3. The van der Waals surface area contributed by atoms with Crippen molar-refractivity contribution in [3.8, 4) is 0 Å². The van der Waals surface area contributed by atoms with E-state index in [1.54, 1.807) is 22.1 Å². The standard InChI is InChI=1S/C10H13BrN2O2/c1-8(2)7-12(11)9-5-3-4-6-10(9)13(14)15/h3-6,8H,7H2,1-2H3. The Hall–Kier alpha value is -1.10. The van der Waals surface area contributed by atoms with E-state index < -0.39 is 0 Å². The molecule has 0 radical (unpaired) electrons. The van der Waals surface area contributed by atoms with Crippen molar-refractivity contribution in [3.05, 3.63) is 34.4 Å². The van der Waals surface area contributed by atoms with Gasteiger partial charge < -0.3 is 3.93 Å². The van der Waals surface area contributed by atoms with E-state index in [4.69, 9.17) is 0 Å². The normalized spacial score (nSPS) is 10.4. The second-order valence-electron chi connectivity index (χ2n) is 3.68. The second kappa shape index (κ2) is 5.11. The van der Waals surface area contributed by atoms with Crippen LogP contribution in [0.25, 0.3) is 0 Å². The maximum absolute atomic E-state index is 10.8. The monoisotopic (exact) mass is 272 g/mol. The SMILES string of the molecule is CC(C)CN(Br)c1ccccc1[N+](=O)[O-]. The second-order valence-corrected chi connectivity index (χ2v) is 4.54. The minimum absolute atomic E-state index is 0.120. The fourth-order valence-electron chi connectivity index (χ4n) is 1.24. The lowest BCUT2D eigenvalue weighted by molar-refractivity contribution is -0.384.